The monoisotopic (exact) mass is 391 g/mol. The molecule has 0 unspecified atom stereocenters. The summed E-state index contributed by atoms with van der Waals surface area (Å²) in [5.41, 5.74) is 0.997. The maximum atomic E-state index is 13.1. The van der Waals surface area contributed by atoms with Gasteiger partial charge < -0.3 is 19.7 Å². The van der Waals surface area contributed by atoms with E-state index in [1.807, 2.05) is 6.07 Å². The summed E-state index contributed by atoms with van der Waals surface area (Å²) in [5.74, 6) is -0.203. The second kappa shape index (κ2) is 7.68. The summed E-state index contributed by atoms with van der Waals surface area (Å²) in [6.45, 7) is -1.61. The van der Waals surface area contributed by atoms with Crippen molar-refractivity contribution in [1.29, 1.82) is 5.26 Å². The van der Waals surface area contributed by atoms with E-state index in [0.717, 1.165) is 4.90 Å². The van der Waals surface area contributed by atoms with Crippen LogP contribution in [0.25, 0.3) is 0 Å². The zero-order valence-corrected chi connectivity index (χ0v) is 14.8. The standard InChI is InChI=1S/C19H16F3N3O3/c1-27-16-10-12(6-7-15(16)28-9-8-23)17-24-14-5-3-2-4-13(14)18(26)25(17)11-19(20,21)22/h2-7,10,17,24H,9,11H2,1H3/t17-/m1/s1. The van der Waals surface area contributed by atoms with E-state index in [1.54, 1.807) is 18.2 Å². The summed E-state index contributed by atoms with van der Waals surface area (Å²) in [7, 11) is 1.38. The van der Waals surface area contributed by atoms with Crippen LogP contribution in [-0.2, 0) is 0 Å². The molecular formula is C19H16F3N3O3. The number of halogens is 3. The van der Waals surface area contributed by atoms with E-state index in [-0.39, 0.29) is 23.7 Å². The molecule has 0 saturated carbocycles. The van der Waals surface area contributed by atoms with Gasteiger partial charge >= 0.3 is 6.18 Å². The first kappa shape index (κ1) is 19.4. The number of amides is 1. The minimum atomic E-state index is -4.57. The number of anilines is 1. The molecule has 0 fully saturated rings. The number of carbonyl (C=O) groups is 1. The van der Waals surface area contributed by atoms with Crippen LogP contribution in [0.3, 0.4) is 0 Å². The SMILES string of the molecule is COc1cc([C@@H]2Nc3ccccc3C(=O)N2CC(F)(F)F)ccc1OCC#N. The van der Waals surface area contributed by atoms with Gasteiger partial charge in [0.1, 0.15) is 18.8 Å². The molecule has 0 radical (unpaired) electrons. The Morgan fingerprint density at radius 2 is 1.96 bits per heavy atom. The Kier molecular flexibility index (Phi) is 5.31. The lowest BCUT2D eigenvalue weighted by atomic mass is 10.0. The number of para-hydroxylation sites is 1. The van der Waals surface area contributed by atoms with Gasteiger partial charge in [-0.1, -0.05) is 18.2 Å². The lowest BCUT2D eigenvalue weighted by Crippen LogP contribution is -2.47. The second-order valence-corrected chi connectivity index (χ2v) is 6.00. The highest BCUT2D eigenvalue weighted by Gasteiger charge is 2.40. The maximum Gasteiger partial charge on any atom is 0.406 e. The molecule has 0 bridgehead atoms. The van der Waals surface area contributed by atoms with Crippen LogP contribution < -0.4 is 14.8 Å². The van der Waals surface area contributed by atoms with Gasteiger partial charge in [0.2, 0.25) is 0 Å². The van der Waals surface area contributed by atoms with Gasteiger partial charge in [-0.2, -0.15) is 18.4 Å². The van der Waals surface area contributed by atoms with Crippen molar-refractivity contribution in [3.05, 3.63) is 53.6 Å². The van der Waals surface area contributed by atoms with Crippen LogP contribution in [0, 0.1) is 11.3 Å². The third-order valence-electron chi connectivity index (χ3n) is 4.17. The third kappa shape index (κ3) is 3.96. The summed E-state index contributed by atoms with van der Waals surface area (Å²) in [6.07, 6.45) is -5.62. The van der Waals surface area contributed by atoms with Crippen molar-refractivity contribution in [1.82, 2.24) is 4.90 Å². The van der Waals surface area contributed by atoms with Gasteiger partial charge in [-0.15, -0.1) is 0 Å². The lowest BCUT2D eigenvalue weighted by Gasteiger charge is -2.38. The van der Waals surface area contributed by atoms with E-state index in [4.69, 9.17) is 14.7 Å². The number of fused-ring (bicyclic) bond motifs is 1. The Hall–Kier alpha value is -3.41. The van der Waals surface area contributed by atoms with Gasteiger partial charge in [0.05, 0.1) is 12.7 Å². The Morgan fingerprint density at radius 1 is 1.21 bits per heavy atom. The minimum absolute atomic E-state index is 0.170. The first-order valence-electron chi connectivity index (χ1n) is 8.25. The van der Waals surface area contributed by atoms with E-state index in [9.17, 15) is 18.0 Å². The first-order chi connectivity index (χ1) is 13.3. The third-order valence-corrected chi connectivity index (χ3v) is 4.17. The molecule has 1 atom stereocenters. The van der Waals surface area contributed by atoms with Gasteiger partial charge in [-0.05, 0) is 29.8 Å². The average molecular weight is 391 g/mol. The van der Waals surface area contributed by atoms with E-state index in [0.29, 0.717) is 11.3 Å². The van der Waals surface area contributed by atoms with Crippen molar-refractivity contribution >= 4 is 11.6 Å². The number of nitrogens with zero attached hydrogens (tertiary/aromatic N) is 2. The van der Waals surface area contributed by atoms with E-state index >= 15 is 0 Å². The molecule has 1 heterocycles. The van der Waals surface area contributed by atoms with Crippen molar-refractivity contribution in [2.75, 3.05) is 25.6 Å². The molecule has 146 valence electrons. The van der Waals surface area contributed by atoms with Crippen molar-refractivity contribution in [3.8, 4) is 17.6 Å². The predicted molar refractivity (Wildman–Crippen MR) is 94.0 cm³/mol. The van der Waals surface area contributed by atoms with Crippen LogP contribution in [0.4, 0.5) is 18.9 Å². The smallest absolute Gasteiger partial charge is 0.406 e. The fraction of sp³-hybridized carbons (Fsp3) is 0.263. The largest absolute Gasteiger partial charge is 0.493 e. The van der Waals surface area contributed by atoms with E-state index in [1.165, 1.54) is 31.4 Å². The zero-order chi connectivity index (χ0) is 20.3. The van der Waals surface area contributed by atoms with Gasteiger partial charge in [0, 0.05) is 5.69 Å². The number of hydrogen-bond donors (Lipinski definition) is 1. The molecule has 0 aromatic heterocycles. The molecule has 0 saturated heterocycles. The predicted octanol–water partition coefficient (Wildman–Crippen LogP) is 3.73. The highest BCUT2D eigenvalue weighted by molar-refractivity contribution is 6.01. The fourth-order valence-corrected chi connectivity index (χ4v) is 3.00. The van der Waals surface area contributed by atoms with Gasteiger partial charge in [0.25, 0.3) is 5.91 Å². The summed E-state index contributed by atoms with van der Waals surface area (Å²) < 4.78 is 49.8. The highest BCUT2D eigenvalue weighted by atomic mass is 19.4. The molecule has 1 aliphatic rings. The van der Waals surface area contributed by atoms with Crippen LogP contribution >= 0.6 is 0 Å². The van der Waals surface area contributed by atoms with Gasteiger partial charge in [0.15, 0.2) is 18.1 Å². The molecule has 2 aromatic rings. The molecule has 28 heavy (non-hydrogen) atoms. The Labute approximate surface area is 159 Å². The maximum absolute atomic E-state index is 13.1. The number of methoxy groups -OCH3 is 1. The van der Waals surface area contributed by atoms with E-state index in [2.05, 4.69) is 5.32 Å². The molecule has 9 heteroatoms. The summed E-state index contributed by atoms with van der Waals surface area (Å²) in [6, 6.07) is 12.7. The van der Waals surface area contributed by atoms with Gasteiger partial charge in [-0.25, -0.2) is 0 Å². The van der Waals surface area contributed by atoms with Crippen LogP contribution in [0.1, 0.15) is 22.1 Å². The molecular weight excluding hydrogens is 375 g/mol. The van der Waals surface area contributed by atoms with E-state index < -0.39 is 24.8 Å². The number of ether oxygens (including phenoxy) is 2. The number of alkyl halides is 3. The number of nitrogens with one attached hydrogen (secondary N) is 1. The molecule has 1 amide bonds. The number of nitriles is 1. The highest BCUT2D eigenvalue weighted by Crippen LogP contribution is 2.38. The summed E-state index contributed by atoms with van der Waals surface area (Å²) in [4.78, 5) is 13.5. The summed E-state index contributed by atoms with van der Waals surface area (Å²) >= 11 is 0. The first-order valence-corrected chi connectivity index (χ1v) is 8.25. The molecule has 3 rings (SSSR count). The second-order valence-electron chi connectivity index (χ2n) is 6.00. The molecule has 2 aromatic carbocycles. The molecule has 0 aliphatic carbocycles. The molecule has 6 nitrogen and oxygen atoms in total. The Balaban J connectivity index is 2.02. The number of carbonyl (C=O) groups excluding carboxylic acids is 1. The quantitative estimate of drug-likeness (QED) is 0.841. The van der Waals surface area contributed by atoms with Crippen molar-refractivity contribution < 1.29 is 27.4 Å². The topological polar surface area (TPSA) is 74.6 Å². The van der Waals surface area contributed by atoms with Crippen LogP contribution in [0.2, 0.25) is 0 Å². The molecule has 0 spiro atoms. The van der Waals surface area contributed by atoms with Crippen LogP contribution in [0.15, 0.2) is 42.5 Å². The van der Waals surface area contributed by atoms with Gasteiger partial charge in [-0.3, -0.25) is 4.79 Å². The Bertz CT molecular complexity index is 925. The molecule has 1 N–H and O–H groups in total. The average Bonchev–Trinajstić information content (AvgIpc) is 2.67. The minimum Gasteiger partial charge on any atom is -0.493 e. The van der Waals surface area contributed by atoms with Crippen molar-refractivity contribution in [2.45, 2.75) is 12.3 Å². The van der Waals surface area contributed by atoms with Crippen LogP contribution in [0.5, 0.6) is 11.5 Å². The fourth-order valence-electron chi connectivity index (χ4n) is 3.00. The molecule has 1 aliphatic heterocycles. The lowest BCUT2D eigenvalue weighted by molar-refractivity contribution is -0.144. The zero-order valence-electron chi connectivity index (χ0n) is 14.8. The number of hydrogen-bond acceptors (Lipinski definition) is 5. The normalized spacial score (nSPS) is 16.0. The van der Waals surface area contributed by atoms with Crippen molar-refractivity contribution in [3.63, 3.8) is 0 Å². The number of rotatable bonds is 5. The van der Waals surface area contributed by atoms with Crippen LogP contribution in [-0.4, -0.2) is 37.2 Å². The Morgan fingerprint density at radius 3 is 2.64 bits per heavy atom. The summed E-state index contributed by atoms with van der Waals surface area (Å²) in [5, 5.41) is 11.6. The number of benzene rings is 2. The van der Waals surface area contributed by atoms with Crippen molar-refractivity contribution in [2.24, 2.45) is 0 Å².